The number of nitrogens with one attached hydrogen (secondary N) is 1. The highest BCUT2D eigenvalue weighted by Gasteiger charge is 2.22. The molecule has 4 aromatic rings. The fraction of sp³-hybridized carbons (Fsp3) is 0. The van der Waals surface area contributed by atoms with Crippen molar-refractivity contribution >= 4 is 44.1 Å². The van der Waals surface area contributed by atoms with Gasteiger partial charge in [0.1, 0.15) is 4.88 Å². The van der Waals surface area contributed by atoms with Gasteiger partial charge in [-0.05, 0) is 18.2 Å². The minimum atomic E-state index is -0.279. The second kappa shape index (κ2) is 8.51. The molecule has 4 nitrogen and oxygen atoms in total. The van der Waals surface area contributed by atoms with E-state index in [1.165, 1.54) is 11.3 Å². The van der Waals surface area contributed by atoms with Gasteiger partial charge in [-0.25, -0.2) is 4.98 Å². The summed E-state index contributed by atoms with van der Waals surface area (Å²) in [5.41, 5.74) is 2.48. The fourth-order valence-electron chi connectivity index (χ4n) is 2.84. The van der Waals surface area contributed by atoms with Crippen molar-refractivity contribution in [3.05, 3.63) is 105 Å². The summed E-state index contributed by atoms with van der Waals surface area (Å²) < 4.78 is 0.814. The zero-order valence-corrected chi connectivity index (χ0v) is 17.5. The maximum atomic E-state index is 13.1. The Kier molecular flexibility index (Phi) is 5.64. The van der Waals surface area contributed by atoms with E-state index in [-0.39, 0.29) is 11.7 Å². The smallest absolute Gasteiger partial charge is 0.257 e. The van der Waals surface area contributed by atoms with Crippen LogP contribution in [0.5, 0.6) is 0 Å². The van der Waals surface area contributed by atoms with Crippen LogP contribution < -0.4 is 5.32 Å². The predicted octanol–water partition coefficient (Wildman–Crippen LogP) is 6.06. The Morgan fingerprint density at radius 3 is 2.17 bits per heavy atom. The van der Waals surface area contributed by atoms with E-state index in [2.05, 4.69) is 26.2 Å². The molecule has 0 bridgehead atoms. The summed E-state index contributed by atoms with van der Waals surface area (Å²) in [4.78, 5) is 30.8. The molecule has 4 rings (SSSR count). The Balaban J connectivity index is 1.72. The van der Waals surface area contributed by atoms with Gasteiger partial charge in [-0.15, -0.1) is 0 Å². The molecule has 0 aliphatic rings. The minimum absolute atomic E-state index is 0.120. The molecule has 1 aromatic heterocycles. The Morgan fingerprint density at radius 1 is 0.828 bits per heavy atom. The Labute approximate surface area is 180 Å². The van der Waals surface area contributed by atoms with E-state index in [1.807, 2.05) is 54.6 Å². The number of hydrogen-bond acceptors (Lipinski definition) is 4. The van der Waals surface area contributed by atoms with E-state index in [1.54, 1.807) is 30.3 Å². The highest BCUT2D eigenvalue weighted by atomic mass is 79.9. The maximum absolute atomic E-state index is 13.1. The van der Waals surface area contributed by atoms with Gasteiger partial charge in [0.15, 0.2) is 5.13 Å². The summed E-state index contributed by atoms with van der Waals surface area (Å²) in [6.07, 6.45) is 0. The number of halogens is 1. The van der Waals surface area contributed by atoms with E-state index in [4.69, 9.17) is 0 Å². The van der Waals surface area contributed by atoms with Crippen LogP contribution in [-0.4, -0.2) is 16.7 Å². The summed E-state index contributed by atoms with van der Waals surface area (Å²) in [7, 11) is 0. The molecule has 0 aliphatic heterocycles. The van der Waals surface area contributed by atoms with Crippen LogP contribution in [0.15, 0.2) is 89.4 Å². The Hall–Kier alpha value is -3.09. The maximum Gasteiger partial charge on any atom is 0.257 e. The zero-order chi connectivity index (χ0) is 20.2. The molecule has 142 valence electrons. The number of carbonyl (C=O) groups excluding carboxylic acids is 2. The van der Waals surface area contributed by atoms with Crippen molar-refractivity contribution in [3.8, 4) is 11.3 Å². The topological polar surface area (TPSA) is 59.1 Å². The quantitative estimate of drug-likeness (QED) is 0.366. The van der Waals surface area contributed by atoms with Crippen molar-refractivity contribution in [2.75, 3.05) is 5.32 Å². The van der Waals surface area contributed by atoms with E-state index < -0.39 is 0 Å². The molecule has 0 saturated carbocycles. The average molecular weight is 463 g/mol. The van der Waals surface area contributed by atoms with Gasteiger partial charge < -0.3 is 0 Å². The first-order valence-electron chi connectivity index (χ1n) is 8.85. The van der Waals surface area contributed by atoms with Crippen LogP contribution in [0, 0.1) is 0 Å². The molecule has 0 spiro atoms. The molecule has 0 fully saturated rings. The van der Waals surface area contributed by atoms with Crippen molar-refractivity contribution in [2.24, 2.45) is 0 Å². The van der Waals surface area contributed by atoms with Gasteiger partial charge in [0.25, 0.3) is 5.91 Å². The molecule has 3 aromatic carbocycles. The number of rotatable bonds is 5. The molecule has 1 amide bonds. The van der Waals surface area contributed by atoms with Gasteiger partial charge in [0.05, 0.1) is 5.69 Å². The Morgan fingerprint density at radius 2 is 1.48 bits per heavy atom. The second-order valence-electron chi connectivity index (χ2n) is 6.22. The summed E-state index contributed by atoms with van der Waals surface area (Å²) in [5, 5.41) is 3.20. The van der Waals surface area contributed by atoms with Crippen molar-refractivity contribution in [1.29, 1.82) is 0 Å². The van der Waals surface area contributed by atoms with Gasteiger partial charge in [-0.2, -0.15) is 0 Å². The van der Waals surface area contributed by atoms with Crippen LogP contribution in [0.3, 0.4) is 0 Å². The number of aromatic nitrogens is 1. The molecule has 0 saturated heterocycles. The van der Waals surface area contributed by atoms with Gasteiger partial charge >= 0.3 is 0 Å². The van der Waals surface area contributed by atoms with Crippen LogP contribution >= 0.6 is 27.3 Å². The normalized spacial score (nSPS) is 10.5. The van der Waals surface area contributed by atoms with Crippen molar-refractivity contribution in [2.45, 2.75) is 0 Å². The standard InChI is InChI=1S/C23H15BrN2O2S/c24-18-13-7-12-17(14-18)22(28)26-23-25-19(15-8-3-1-4-9-15)21(29-23)20(27)16-10-5-2-6-11-16/h1-14H,(H,25,26,28). The minimum Gasteiger partial charge on any atom is -0.298 e. The third-order valence-corrected chi connectivity index (χ3v) is 5.69. The summed E-state index contributed by atoms with van der Waals surface area (Å²) in [6.45, 7) is 0. The number of thiazole rings is 1. The van der Waals surface area contributed by atoms with Crippen LogP contribution in [0.1, 0.15) is 25.6 Å². The SMILES string of the molecule is O=C(Nc1nc(-c2ccccc2)c(C(=O)c2ccccc2)s1)c1cccc(Br)c1. The van der Waals surface area contributed by atoms with Crippen molar-refractivity contribution in [1.82, 2.24) is 4.98 Å². The molecule has 0 aliphatic carbocycles. The molecule has 29 heavy (non-hydrogen) atoms. The van der Waals surface area contributed by atoms with Gasteiger partial charge in [-0.3, -0.25) is 14.9 Å². The van der Waals surface area contributed by atoms with Crippen molar-refractivity contribution in [3.63, 3.8) is 0 Å². The lowest BCUT2D eigenvalue weighted by Crippen LogP contribution is -2.11. The van der Waals surface area contributed by atoms with Gasteiger partial charge in [0, 0.05) is 21.2 Å². The Bertz CT molecular complexity index is 1170. The molecular weight excluding hydrogens is 448 g/mol. The monoisotopic (exact) mass is 462 g/mol. The van der Waals surface area contributed by atoms with Crippen LogP contribution in [0.4, 0.5) is 5.13 Å². The molecular formula is C23H15BrN2O2S. The van der Waals surface area contributed by atoms with E-state index in [0.29, 0.717) is 26.8 Å². The largest absolute Gasteiger partial charge is 0.298 e. The predicted molar refractivity (Wildman–Crippen MR) is 120 cm³/mol. The molecule has 0 radical (unpaired) electrons. The van der Waals surface area contributed by atoms with E-state index in [0.717, 1.165) is 10.0 Å². The highest BCUT2D eigenvalue weighted by Crippen LogP contribution is 2.33. The third-order valence-electron chi connectivity index (χ3n) is 4.22. The summed E-state index contributed by atoms with van der Waals surface area (Å²) in [5.74, 6) is -0.400. The van der Waals surface area contributed by atoms with Crippen LogP contribution in [0.25, 0.3) is 11.3 Å². The summed E-state index contributed by atoms with van der Waals surface area (Å²) >= 11 is 4.55. The average Bonchev–Trinajstić information content (AvgIpc) is 3.18. The van der Waals surface area contributed by atoms with Gasteiger partial charge in [-0.1, -0.05) is 94.0 Å². The molecule has 0 unspecified atom stereocenters. The van der Waals surface area contributed by atoms with E-state index in [9.17, 15) is 9.59 Å². The highest BCUT2D eigenvalue weighted by molar-refractivity contribution is 9.10. The van der Waals surface area contributed by atoms with Gasteiger partial charge in [0.2, 0.25) is 5.78 Å². The van der Waals surface area contributed by atoms with Crippen molar-refractivity contribution < 1.29 is 9.59 Å². The first-order valence-corrected chi connectivity index (χ1v) is 10.5. The number of ketones is 1. The van der Waals surface area contributed by atoms with E-state index >= 15 is 0 Å². The second-order valence-corrected chi connectivity index (χ2v) is 8.14. The number of nitrogens with zero attached hydrogens (tertiary/aromatic N) is 1. The fourth-order valence-corrected chi connectivity index (χ4v) is 4.18. The first kappa shape index (κ1) is 19.2. The molecule has 6 heteroatoms. The number of hydrogen-bond donors (Lipinski definition) is 1. The lowest BCUT2D eigenvalue weighted by molar-refractivity contribution is 0.102. The number of amides is 1. The number of benzene rings is 3. The van der Waals surface area contributed by atoms with Crippen LogP contribution in [0.2, 0.25) is 0 Å². The molecule has 1 N–H and O–H groups in total. The first-order chi connectivity index (χ1) is 14.1. The molecule has 0 atom stereocenters. The lowest BCUT2D eigenvalue weighted by atomic mass is 10.1. The lowest BCUT2D eigenvalue weighted by Gasteiger charge is -2.02. The number of anilines is 1. The third kappa shape index (κ3) is 4.34. The molecule has 1 heterocycles. The summed E-state index contributed by atoms with van der Waals surface area (Å²) in [6, 6.07) is 25.7. The zero-order valence-electron chi connectivity index (χ0n) is 15.1. The number of carbonyl (C=O) groups is 2. The van der Waals surface area contributed by atoms with Crippen LogP contribution in [-0.2, 0) is 0 Å².